The molecular formula is C16H21BrClF. The van der Waals surface area contributed by atoms with Gasteiger partial charge in [-0.1, -0.05) is 53.4 Å². The molecule has 3 heteroatoms. The highest BCUT2D eigenvalue weighted by Crippen LogP contribution is 2.38. The van der Waals surface area contributed by atoms with Gasteiger partial charge in [0.15, 0.2) is 0 Å². The predicted molar refractivity (Wildman–Crippen MR) is 83.6 cm³/mol. The lowest BCUT2D eigenvalue weighted by Crippen LogP contribution is -2.27. The number of benzene rings is 1. The first-order chi connectivity index (χ1) is 9.10. The van der Waals surface area contributed by atoms with Gasteiger partial charge in [-0.15, -0.1) is 0 Å². The Balaban J connectivity index is 2.03. The van der Waals surface area contributed by atoms with Crippen LogP contribution in [0.25, 0.3) is 0 Å². The highest BCUT2D eigenvalue weighted by molar-refractivity contribution is 9.09. The minimum absolute atomic E-state index is 0.162. The van der Waals surface area contributed by atoms with Crippen LogP contribution in [0.3, 0.4) is 0 Å². The second-order valence-electron chi connectivity index (χ2n) is 5.68. The molecule has 1 fully saturated rings. The molecule has 1 aliphatic carbocycles. The predicted octanol–water partition coefficient (Wildman–Crippen LogP) is 6.00. The Morgan fingerprint density at radius 1 is 1.37 bits per heavy atom. The lowest BCUT2D eigenvalue weighted by atomic mass is 9.77. The summed E-state index contributed by atoms with van der Waals surface area (Å²) in [5, 5.41) is 0.476. The highest BCUT2D eigenvalue weighted by atomic mass is 79.9. The Kier molecular flexibility index (Phi) is 5.70. The van der Waals surface area contributed by atoms with Crippen molar-refractivity contribution in [3.05, 3.63) is 34.6 Å². The molecule has 2 rings (SSSR count). The van der Waals surface area contributed by atoms with Crippen LogP contribution in [-0.2, 0) is 6.42 Å². The molecule has 0 N–H and O–H groups in total. The number of rotatable bonds is 4. The Hall–Kier alpha value is -0.0800. The van der Waals surface area contributed by atoms with Crippen LogP contribution in [0.15, 0.2) is 18.2 Å². The Labute approximate surface area is 128 Å². The van der Waals surface area contributed by atoms with Crippen molar-refractivity contribution >= 4 is 27.5 Å². The van der Waals surface area contributed by atoms with Crippen LogP contribution in [0.1, 0.15) is 44.6 Å². The lowest BCUT2D eigenvalue weighted by molar-refractivity contribution is 0.262. The van der Waals surface area contributed by atoms with E-state index in [1.807, 2.05) is 6.07 Å². The average molecular weight is 348 g/mol. The minimum atomic E-state index is -0.162. The van der Waals surface area contributed by atoms with Crippen molar-refractivity contribution in [3.8, 4) is 0 Å². The zero-order valence-electron chi connectivity index (χ0n) is 11.3. The van der Waals surface area contributed by atoms with Crippen LogP contribution in [0, 0.1) is 17.7 Å². The van der Waals surface area contributed by atoms with Gasteiger partial charge in [-0.05, 0) is 55.2 Å². The zero-order valence-corrected chi connectivity index (χ0v) is 13.7. The molecule has 0 amide bonds. The quantitative estimate of drug-likeness (QED) is 0.586. The standard InChI is InChI=1S/C16H21BrClF/c1-2-3-11-4-7-15(17)13(8-11)9-12-5-6-14(18)10-16(12)19/h5-6,10-11,13,15H,2-4,7-9H2,1H3. The minimum Gasteiger partial charge on any atom is -0.207 e. The average Bonchev–Trinajstić information content (AvgIpc) is 2.37. The normalized spacial score (nSPS) is 27.5. The van der Waals surface area contributed by atoms with Gasteiger partial charge >= 0.3 is 0 Å². The molecule has 1 aromatic rings. The van der Waals surface area contributed by atoms with Gasteiger partial charge < -0.3 is 0 Å². The molecule has 3 unspecified atom stereocenters. The van der Waals surface area contributed by atoms with Crippen LogP contribution in [0.5, 0.6) is 0 Å². The third-order valence-electron chi connectivity index (χ3n) is 4.19. The molecule has 106 valence electrons. The van der Waals surface area contributed by atoms with Gasteiger partial charge in [-0.2, -0.15) is 0 Å². The maximum absolute atomic E-state index is 13.9. The maximum Gasteiger partial charge on any atom is 0.127 e. The first-order valence-electron chi connectivity index (χ1n) is 7.18. The summed E-state index contributed by atoms with van der Waals surface area (Å²) in [4.78, 5) is 0.524. The number of hydrogen-bond donors (Lipinski definition) is 0. The Morgan fingerprint density at radius 2 is 2.16 bits per heavy atom. The topological polar surface area (TPSA) is 0 Å². The molecule has 0 spiro atoms. The summed E-state index contributed by atoms with van der Waals surface area (Å²) < 4.78 is 13.9. The smallest absolute Gasteiger partial charge is 0.127 e. The van der Waals surface area contributed by atoms with Crippen molar-refractivity contribution in [2.24, 2.45) is 11.8 Å². The van der Waals surface area contributed by atoms with Crippen molar-refractivity contribution in [3.63, 3.8) is 0 Å². The molecule has 1 saturated carbocycles. The fraction of sp³-hybridized carbons (Fsp3) is 0.625. The fourth-order valence-corrected chi connectivity index (χ4v) is 4.00. The van der Waals surface area contributed by atoms with Crippen LogP contribution in [-0.4, -0.2) is 4.83 Å². The molecule has 0 radical (unpaired) electrons. The second-order valence-corrected chi connectivity index (χ2v) is 7.30. The van der Waals surface area contributed by atoms with Gasteiger partial charge in [-0.3, -0.25) is 0 Å². The van der Waals surface area contributed by atoms with Gasteiger partial charge in [0, 0.05) is 9.85 Å². The van der Waals surface area contributed by atoms with E-state index in [1.165, 1.54) is 38.2 Å². The molecule has 0 bridgehead atoms. The molecule has 1 aromatic carbocycles. The summed E-state index contributed by atoms with van der Waals surface area (Å²) in [6.45, 7) is 2.24. The van der Waals surface area contributed by atoms with E-state index < -0.39 is 0 Å². The monoisotopic (exact) mass is 346 g/mol. The van der Waals surface area contributed by atoms with E-state index in [2.05, 4.69) is 22.9 Å². The highest BCUT2D eigenvalue weighted by Gasteiger charge is 2.29. The van der Waals surface area contributed by atoms with E-state index in [1.54, 1.807) is 6.07 Å². The first-order valence-corrected chi connectivity index (χ1v) is 8.47. The van der Waals surface area contributed by atoms with Gasteiger partial charge in [0.2, 0.25) is 0 Å². The van der Waals surface area contributed by atoms with Crippen molar-refractivity contribution in [1.29, 1.82) is 0 Å². The van der Waals surface area contributed by atoms with Gasteiger partial charge in [0.05, 0.1) is 0 Å². The fourth-order valence-electron chi connectivity index (χ4n) is 3.18. The van der Waals surface area contributed by atoms with E-state index in [0.717, 1.165) is 17.9 Å². The van der Waals surface area contributed by atoms with E-state index >= 15 is 0 Å². The van der Waals surface area contributed by atoms with E-state index in [-0.39, 0.29) is 5.82 Å². The van der Waals surface area contributed by atoms with Crippen molar-refractivity contribution in [2.75, 3.05) is 0 Å². The summed E-state index contributed by atoms with van der Waals surface area (Å²) >= 11 is 9.58. The van der Waals surface area contributed by atoms with Gasteiger partial charge in [-0.25, -0.2) is 4.39 Å². The zero-order chi connectivity index (χ0) is 13.8. The van der Waals surface area contributed by atoms with Crippen molar-refractivity contribution in [2.45, 2.75) is 50.3 Å². The number of alkyl halides is 1. The number of halogens is 3. The molecule has 0 heterocycles. The number of hydrogen-bond acceptors (Lipinski definition) is 0. The molecule has 3 atom stereocenters. The molecule has 0 aromatic heterocycles. The van der Waals surface area contributed by atoms with Crippen LogP contribution in [0.2, 0.25) is 5.02 Å². The molecule has 0 saturated heterocycles. The summed E-state index contributed by atoms with van der Waals surface area (Å²) in [6.07, 6.45) is 7.11. The summed E-state index contributed by atoms with van der Waals surface area (Å²) in [5.74, 6) is 1.20. The Morgan fingerprint density at radius 3 is 2.84 bits per heavy atom. The third-order valence-corrected chi connectivity index (χ3v) is 5.63. The van der Waals surface area contributed by atoms with Crippen molar-refractivity contribution in [1.82, 2.24) is 0 Å². The maximum atomic E-state index is 13.9. The lowest BCUT2D eigenvalue weighted by Gasteiger charge is -2.33. The van der Waals surface area contributed by atoms with Crippen LogP contribution >= 0.6 is 27.5 Å². The largest absolute Gasteiger partial charge is 0.207 e. The molecular weight excluding hydrogens is 327 g/mol. The summed E-state index contributed by atoms with van der Waals surface area (Å²) in [5.41, 5.74) is 0.802. The van der Waals surface area contributed by atoms with Crippen LogP contribution < -0.4 is 0 Å². The molecule has 0 nitrogen and oxygen atoms in total. The van der Waals surface area contributed by atoms with E-state index in [4.69, 9.17) is 11.6 Å². The Bertz CT molecular complexity index is 421. The third kappa shape index (κ3) is 4.19. The van der Waals surface area contributed by atoms with Gasteiger partial charge in [0.1, 0.15) is 5.82 Å². The SMILES string of the molecule is CCCC1CCC(Br)C(Cc2ccc(Cl)cc2F)C1. The van der Waals surface area contributed by atoms with E-state index in [0.29, 0.717) is 15.8 Å². The second kappa shape index (κ2) is 7.08. The molecule has 0 aliphatic heterocycles. The van der Waals surface area contributed by atoms with E-state index in [9.17, 15) is 4.39 Å². The van der Waals surface area contributed by atoms with Crippen LogP contribution in [0.4, 0.5) is 4.39 Å². The summed E-state index contributed by atoms with van der Waals surface area (Å²) in [6, 6.07) is 5.04. The molecule has 1 aliphatic rings. The van der Waals surface area contributed by atoms with Gasteiger partial charge in [0.25, 0.3) is 0 Å². The van der Waals surface area contributed by atoms with Crippen molar-refractivity contribution < 1.29 is 4.39 Å². The first kappa shape index (κ1) is 15.3. The summed E-state index contributed by atoms with van der Waals surface area (Å²) in [7, 11) is 0. The molecule has 19 heavy (non-hydrogen) atoms.